The molecule has 0 saturated carbocycles. The summed E-state index contributed by atoms with van der Waals surface area (Å²) in [5.41, 5.74) is 2.27. The highest BCUT2D eigenvalue weighted by Gasteiger charge is 2.23. The zero-order chi connectivity index (χ0) is 25.7. The number of nitrogens with zero attached hydrogens (tertiary/aromatic N) is 5. The van der Waals surface area contributed by atoms with Crippen LogP contribution in [-0.4, -0.2) is 49.9 Å². The minimum absolute atomic E-state index is 0.0455. The molecule has 0 radical (unpaired) electrons. The molecule has 0 saturated heterocycles. The summed E-state index contributed by atoms with van der Waals surface area (Å²) in [4.78, 5) is 18.6. The van der Waals surface area contributed by atoms with E-state index in [0.29, 0.717) is 22.7 Å². The number of hydrogen-bond donors (Lipinski definition) is 2. The Morgan fingerprint density at radius 2 is 1.58 bits per heavy atom. The first kappa shape index (κ1) is 24.7. The predicted molar refractivity (Wildman–Crippen MR) is 141 cm³/mol. The van der Waals surface area contributed by atoms with E-state index >= 15 is 0 Å². The van der Waals surface area contributed by atoms with E-state index in [9.17, 15) is 13.2 Å². The normalized spacial score (nSPS) is 11.1. The van der Waals surface area contributed by atoms with Crippen molar-refractivity contribution in [2.75, 3.05) is 40.5 Å². The van der Waals surface area contributed by atoms with Gasteiger partial charge in [0.05, 0.1) is 30.0 Å². The van der Waals surface area contributed by atoms with E-state index in [2.05, 4.69) is 20.7 Å². The van der Waals surface area contributed by atoms with Crippen molar-refractivity contribution in [3.05, 3.63) is 85.3 Å². The van der Waals surface area contributed by atoms with Gasteiger partial charge in [-0.2, -0.15) is 5.10 Å². The molecule has 4 rings (SSSR count). The number of urea groups is 1. The first-order chi connectivity index (χ1) is 17.3. The van der Waals surface area contributed by atoms with E-state index in [1.165, 1.54) is 28.4 Å². The molecule has 2 aromatic carbocycles. The SMILES string of the molecule is CCN(C)c1ccc(-n2cc(S(=O)(=O)N(C)c3ccc(NC(=O)Nc4ccccc4)cc3)cn2)cn1. The van der Waals surface area contributed by atoms with Crippen LogP contribution in [0.25, 0.3) is 5.69 Å². The van der Waals surface area contributed by atoms with E-state index in [1.54, 1.807) is 42.6 Å². The second kappa shape index (κ2) is 10.5. The number of anilines is 4. The largest absolute Gasteiger partial charge is 0.360 e. The molecule has 2 N–H and O–H groups in total. The third-order valence-corrected chi connectivity index (χ3v) is 7.34. The monoisotopic (exact) mass is 505 g/mol. The van der Waals surface area contributed by atoms with Crippen molar-refractivity contribution in [1.29, 1.82) is 0 Å². The second-order valence-corrected chi connectivity index (χ2v) is 9.94. The van der Waals surface area contributed by atoms with Gasteiger partial charge in [-0.3, -0.25) is 4.31 Å². The van der Waals surface area contributed by atoms with Crippen molar-refractivity contribution in [3.8, 4) is 5.69 Å². The van der Waals surface area contributed by atoms with Gasteiger partial charge in [0.25, 0.3) is 10.0 Å². The van der Waals surface area contributed by atoms with Gasteiger partial charge < -0.3 is 15.5 Å². The van der Waals surface area contributed by atoms with Crippen LogP contribution in [0.5, 0.6) is 0 Å². The molecule has 2 amide bonds. The van der Waals surface area contributed by atoms with Crippen molar-refractivity contribution in [2.45, 2.75) is 11.8 Å². The van der Waals surface area contributed by atoms with Gasteiger partial charge in [0.2, 0.25) is 0 Å². The molecule has 0 aliphatic carbocycles. The number of benzene rings is 2. The number of nitrogens with one attached hydrogen (secondary N) is 2. The number of aromatic nitrogens is 3. The third kappa shape index (κ3) is 5.47. The fourth-order valence-electron chi connectivity index (χ4n) is 3.35. The van der Waals surface area contributed by atoms with Crippen LogP contribution in [0.15, 0.2) is 90.2 Å². The van der Waals surface area contributed by atoms with Gasteiger partial charge in [-0.1, -0.05) is 18.2 Å². The maximum Gasteiger partial charge on any atom is 0.323 e. The lowest BCUT2D eigenvalue weighted by Gasteiger charge is -2.19. The van der Waals surface area contributed by atoms with Crippen molar-refractivity contribution in [2.24, 2.45) is 0 Å². The fourth-order valence-corrected chi connectivity index (χ4v) is 4.48. The molecule has 36 heavy (non-hydrogen) atoms. The molecule has 0 unspecified atom stereocenters. The number of carbonyl (C=O) groups excluding carboxylic acids is 1. The Kier molecular flexibility index (Phi) is 7.20. The van der Waals surface area contributed by atoms with E-state index in [4.69, 9.17) is 0 Å². The molecule has 2 aromatic heterocycles. The number of para-hydroxylation sites is 1. The van der Waals surface area contributed by atoms with E-state index in [0.717, 1.165) is 12.4 Å². The van der Waals surface area contributed by atoms with Gasteiger partial charge in [-0.15, -0.1) is 0 Å². The summed E-state index contributed by atoms with van der Waals surface area (Å²) in [5, 5.41) is 9.66. The number of carbonyl (C=O) groups is 1. The lowest BCUT2D eigenvalue weighted by molar-refractivity contribution is 0.262. The van der Waals surface area contributed by atoms with Crippen molar-refractivity contribution in [1.82, 2.24) is 14.8 Å². The van der Waals surface area contributed by atoms with Gasteiger partial charge in [0.1, 0.15) is 10.7 Å². The lowest BCUT2D eigenvalue weighted by Crippen LogP contribution is -2.26. The quantitative estimate of drug-likeness (QED) is 0.371. The number of hydrogen-bond acceptors (Lipinski definition) is 6. The summed E-state index contributed by atoms with van der Waals surface area (Å²) in [5.74, 6) is 0.816. The zero-order valence-corrected chi connectivity index (χ0v) is 21.0. The minimum Gasteiger partial charge on any atom is -0.360 e. The van der Waals surface area contributed by atoms with Crippen molar-refractivity contribution >= 4 is 38.9 Å². The Balaban J connectivity index is 1.44. The summed E-state index contributed by atoms with van der Waals surface area (Å²) in [6.07, 6.45) is 4.41. The summed E-state index contributed by atoms with van der Waals surface area (Å²) in [7, 11) is -0.450. The molecule has 186 valence electrons. The maximum atomic E-state index is 13.2. The van der Waals surface area contributed by atoms with Crippen LogP contribution >= 0.6 is 0 Å². The fraction of sp³-hybridized carbons (Fsp3) is 0.160. The smallest absolute Gasteiger partial charge is 0.323 e. The Morgan fingerprint density at radius 1 is 0.917 bits per heavy atom. The molecule has 10 nitrogen and oxygen atoms in total. The zero-order valence-electron chi connectivity index (χ0n) is 20.2. The summed E-state index contributed by atoms with van der Waals surface area (Å²) >= 11 is 0. The second-order valence-electron chi connectivity index (χ2n) is 7.97. The molecule has 0 aliphatic rings. The molecule has 4 aromatic rings. The van der Waals surface area contributed by atoms with Crippen LogP contribution in [0.1, 0.15) is 6.92 Å². The number of pyridine rings is 1. The highest BCUT2D eigenvalue weighted by molar-refractivity contribution is 7.92. The maximum absolute atomic E-state index is 13.2. The Hall–Kier alpha value is -4.38. The first-order valence-corrected chi connectivity index (χ1v) is 12.7. The van der Waals surface area contributed by atoms with Crippen LogP contribution in [0.4, 0.5) is 27.7 Å². The minimum atomic E-state index is -3.86. The molecule has 0 aliphatic heterocycles. The molecule has 0 bridgehead atoms. The van der Waals surface area contributed by atoms with E-state index in [1.807, 2.05) is 49.2 Å². The van der Waals surface area contributed by atoms with Crippen LogP contribution < -0.4 is 19.8 Å². The third-order valence-electron chi connectivity index (χ3n) is 5.60. The summed E-state index contributed by atoms with van der Waals surface area (Å²) in [6.45, 7) is 2.85. The molecular formula is C25H27N7O3S. The predicted octanol–water partition coefficient (Wildman–Crippen LogP) is 4.19. The molecule has 2 heterocycles. The standard InChI is InChI=1S/C25H27N7O3S/c1-4-30(2)24-15-14-22(16-26-24)32-18-23(17-27-32)36(34,35)31(3)21-12-10-20(11-13-21)29-25(33)28-19-8-6-5-7-9-19/h5-18H,4H2,1-3H3,(H2,28,29,33). The van der Waals surface area contributed by atoms with E-state index < -0.39 is 16.1 Å². The summed E-state index contributed by atoms with van der Waals surface area (Å²) < 4.78 is 29.0. The first-order valence-electron chi connectivity index (χ1n) is 11.2. The number of amides is 2. The average molecular weight is 506 g/mol. The Labute approximate surface area is 210 Å². The molecule has 0 spiro atoms. The van der Waals surface area contributed by atoms with Crippen molar-refractivity contribution in [3.63, 3.8) is 0 Å². The Morgan fingerprint density at radius 3 is 2.19 bits per heavy atom. The molecule has 11 heteroatoms. The summed E-state index contributed by atoms with van der Waals surface area (Å²) in [6, 6.07) is 18.9. The highest BCUT2D eigenvalue weighted by atomic mass is 32.2. The van der Waals surface area contributed by atoms with Gasteiger partial charge in [-0.25, -0.2) is 22.9 Å². The van der Waals surface area contributed by atoms with Gasteiger partial charge in [-0.05, 0) is 55.5 Å². The van der Waals surface area contributed by atoms with Crippen LogP contribution in [0.3, 0.4) is 0 Å². The van der Waals surface area contributed by atoms with Crippen LogP contribution in [-0.2, 0) is 10.0 Å². The topological polar surface area (TPSA) is 112 Å². The number of sulfonamides is 1. The van der Waals surface area contributed by atoms with Crippen molar-refractivity contribution < 1.29 is 13.2 Å². The van der Waals surface area contributed by atoms with Gasteiger partial charge in [0.15, 0.2) is 0 Å². The average Bonchev–Trinajstić information content (AvgIpc) is 3.40. The van der Waals surface area contributed by atoms with Crippen LogP contribution in [0.2, 0.25) is 0 Å². The molecular weight excluding hydrogens is 478 g/mol. The molecule has 0 fully saturated rings. The molecule has 0 atom stereocenters. The number of rotatable bonds is 8. The highest BCUT2D eigenvalue weighted by Crippen LogP contribution is 2.24. The van der Waals surface area contributed by atoms with Gasteiger partial charge >= 0.3 is 6.03 Å². The van der Waals surface area contributed by atoms with Gasteiger partial charge in [0, 0.05) is 32.0 Å². The van der Waals surface area contributed by atoms with Crippen LogP contribution in [0, 0.1) is 0 Å². The van der Waals surface area contributed by atoms with E-state index in [-0.39, 0.29) is 4.90 Å². The Bertz CT molecular complexity index is 1420. The lowest BCUT2D eigenvalue weighted by atomic mass is 10.3.